The van der Waals surface area contributed by atoms with Crippen molar-refractivity contribution in [2.75, 3.05) is 0 Å². The number of esters is 1. The second-order valence-corrected chi connectivity index (χ2v) is 7.13. The van der Waals surface area contributed by atoms with E-state index >= 15 is 0 Å². The van der Waals surface area contributed by atoms with E-state index < -0.39 is 12.2 Å². The van der Waals surface area contributed by atoms with Crippen molar-refractivity contribution in [3.8, 4) is 0 Å². The van der Waals surface area contributed by atoms with Gasteiger partial charge in [-0.1, -0.05) is 44.1 Å². The standard InChI is InChI=1S/C20H32O4/c1-2-3-4-5-6-7-9-15(21)12-13-18(22)16-14-17(16)19-10-8-11-20(23)24-19/h6-7,12-13,15-19,21-22H,2-5,8-11,14H2,1H3/b7-6-,13-12+/t15-,16-,17-,18-,19+/m0/s1. The van der Waals surface area contributed by atoms with Crippen LogP contribution in [0.15, 0.2) is 24.3 Å². The molecule has 0 unspecified atom stereocenters. The normalized spacial score (nSPS) is 29.8. The van der Waals surface area contributed by atoms with Crippen LogP contribution in [0.5, 0.6) is 0 Å². The molecule has 5 atom stereocenters. The van der Waals surface area contributed by atoms with Gasteiger partial charge in [0.25, 0.3) is 0 Å². The van der Waals surface area contributed by atoms with E-state index in [4.69, 9.17) is 4.74 Å². The number of ether oxygens (including phenoxy) is 1. The number of aliphatic hydroxyl groups is 2. The SMILES string of the molecule is CCCCC/C=C\C[C@H](O)/C=C/[C@H](O)[C@H]1C[C@@H]1[C@H]1CCCC(=O)O1. The van der Waals surface area contributed by atoms with E-state index in [1.54, 1.807) is 12.2 Å². The molecule has 1 heterocycles. The first-order valence-electron chi connectivity index (χ1n) is 9.50. The van der Waals surface area contributed by atoms with E-state index in [-0.39, 0.29) is 23.9 Å². The summed E-state index contributed by atoms with van der Waals surface area (Å²) in [4.78, 5) is 11.3. The van der Waals surface area contributed by atoms with Crippen LogP contribution in [0.2, 0.25) is 0 Å². The summed E-state index contributed by atoms with van der Waals surface area (Å²) in [6.45, 7) is 2.19. The third-order valence-corrected chi connectivity index (χ3v) is 5.01. The molecule has 4 heteroatoms. The largest absolute Gasteiger partial charge is 0.462 e. The van der Waals surface area contributed by atoms with Crippen LogP contribution >= 0.6 is 0 Å². The Kier molecular flexibility index (Phi) is 8.00. The summed E-state index contributed by atoms with van der Waals surface area (Å²) in [6, 6.07) is 0. The third-order valence-electron chi connectivity index (χ3n) is 5.01. The van der Waals surface area contributed by atoms with Crippen molar-refractivity contribution in [2.45, 2.75) is 83.0 Å². The van der Waals surface area contributed by atoms with Crippen molar-refractivity contribution in [3.05, 3.63) is 24.3 Å². The lowest BCUT2D eigenvalue weighted by atomic mass is 10.0. The number of unbranched alkanes of at least 4 members (excludes halogenated alkanes) is 3. The van der Waals surface area contributed by atoms with Crippen LogP contribution in [0.1, 0.15) is 64.7 Å². The zero-order chi connectivity index (χ0) is 17.4. The highest BCUT2D eigenvalue weighted by molar-refractivity contribution is 5.70. The third kappa shape index (κ3) is 6.40. The highest BCUT2D eigenvalue weighted by Crippen LogP contribution is 2.47. The number of hydrogen-bond donors (Lipinski definition) is 2. The Bertz CT molecular complexity index is 443. The molecular weight excluding hydrogens is 304 g/mol. The minimum absolute atomic E-state index is 0.0183. The average molecular weight is 336 g/mol. The van der Waals surface area contributed by atoms with Gasteiger partial charge < -0.3 is 14.9 Å². The van der Waals surface area contributed by atoms with E-state index in [0.29, 0.717) is 12.8 Å². The van der Waals surface area contributed by atoms with Crippen LogP contribution in [-0.4, -0.2) is 34.5 Å². The first kappa shape index (κ1) is 19.2. The van der Waals surface area contributed by atoms with Crippen LogP contribution in [0.25, 0.3) is 0 Å². The number of rotatable bonds is 10. The van der Waals surface area contributed by atoms with Gasteiger partial charge in [-0.05, 0) is 44.4 Å². The Hall–Kier alpha value is -1.13. The van der Waals surface area contributed by atoms with Crippen molar-refractivity contribution in [1.82, 2.24) is 0 Å². The topological polar surface area (TPSA) is 66.8 Å². The summed E-state index contributed by atoms with van der Waals surface area (Å²) in [5.41, 5.74) is 0. The Morgan fingerprint density at radius 1 is 1.25 bits per heavy atom. The van der Waals surface area contributed by atoms with Crippen molar-refractivity contribution < 1.29 is 19.7 Å². The summed E-state index contributed by atoms with van der Waals surface area (Å²) in [6.07, 6.45) is 14.9. The van der Waals surface area contributed by atoms with Gasteiger partial charge in [-0.25, -0.2) is 0 Å². The molecule has 2 aliphatic rings. The van der Waals surface area contributed by atoms with E-state index in [1.165, 1.54) is 19.3 Å². The second kappa shape index (κ2) is 10.00. The molecule has 0 aromatic carbocycles. The molecule has 1 saturated heterocycles. The van der Waals surface area contributed by atoms with Gasteiger partial charge in [0, 0.05) is 12.3 Å². The molecule has 0 aromatic heterocycles. The fourth-order valence-corrected chi connectivity index (χ4v) is 3.42. The van der Waals surface area contributed by atoms with Crippen LogP contribution < -0.4 is 0 Å². The molecule has 2 N–H and O–H groups in total. The lowest BCUT2D eigenvalue weighted by Crippen LogP contribution is -2.27. The van der Waals surface area contributed by atoms with Gasteiger partial charge in [-0.2, -0.15) is 0 Å². The van der Waals surface area contributed by atoms with Gasteiger partial charge in [0.15, 0.2) is 0 Å². The van der Waals surface area contributed by atoms with Gasteiger partial charge in [0.05, 0.1) is 12.2 Å². The quantitative estimate of drug-likeness (QED) is 0.364. The van der Waals surface area contributed by atoms with Gasteiger partial charge in [0.1, 0.15) is 6.10 Å². The molecule has 4 nitrogen and oxygen atoms in total. The minimum atomic E-state index is -0.557. The molecule has 24 heavy (non-hydrogen) atoms. The number of carbonyl (C=O) groups is 1. The van der Waals surface area contributed by atoms with Crippen molar-refractivity contribution in [2.24, 2.45) is 11.8 Å². The second-order valence-electron chi connectivity index (χ2n) is 7.13. The molecule has 0 amide bonds. The molecule has 2 fully saturated rings. The lowest BCUT2D eigenvalue weighted by molar-refractivity contribution is -0.155. The van der Waals surface area contributed by atoms with Gasteiger partial charge in [-0.3, -0.25) is 4.79 Å². The maximum atomic E-state index is 11.3. The van der Waals surface area contributed by atoms with E-state index in [9.17, 15) is 15.0 Å². The number of aliphatic hydroxyl groups excluding tert-OH is 2. The zero-order valence-electron chi connectivity index (χ0n) is 14.8. The predicted molar refractivity (Wildman–Crippen MR) is 94.4 cm³/mol. The number of allylic oxidation sites excluding steroid dienone is 1. The highest BCUT2D eigenvalue weighted by atomic mass is 16.5. The summed E-state index contributed by atoms with van der Waals surface area (Å²) in [7, 11) is 0. The molecule has 136 valence electrons. The average Bonchev–Trinajstić information content (AvgIpc) is 3.36. The summed E-state index contributed by atoms with van der Waals surface area (Å²) in [5.74, 6) is 0.335. The molecule has 2 rings (SSSR count). The fourth-order valence-electron chi connectivity index (χ4n) is 3.42. The minimum Gasteiger partial charge on any atom is -0.462 e. The predicted octanol–water partition coefficient (Wildman–Crippen LogP) is 3.52. The molecular formula is C20H32O4. The zero-order valence-corrected chi connectivity index (χ0v) is 14.8. The number of hydrogen-bond acceptors (Lipinski definition) is 4. The maximum absolute atomic E-state index is 11.3. The van der Waals surface area contributed by atoms with Crippen molar-refractivity contribution in [1.29, 1.82) is 0 Å². The molecule has 1 saturated carbocycles. The Labute approximate surface area is 145 Å². The Balaban J connectivity index is 1.64. The monoisotopic (exact) mass is 336 g/mol. The Morgan fingerprint density at radius 3 is 2.83 bits per heavy atom. The summed E-state index contributed by atoms with van der Waals surface area (Å²) < 4.78 is 5.38. The smallest absolute Gasteiger partial charge is 0.306 e. The van der Waals surface area contributed by atoms with E-state index in [0.717, 1.165) is 25.7 Å². The van der Waals surface area contributed by atoms with Crippen molar-refractivity contribution >= 4 is 5.97 Å². The van der Waals surface area contributed by atoms with Crippen LogP contribution in [0, 0.1) is 11.8 Å². The Morgan fingerprint density at radius 2 is 2.08 bits per heavy atom. The van der Waals surface area contributed by atoms with E-state index in [2.05, 4.69) is 13.0 Å². The van der Waals surface area contributed by atoms with Crippen molar-refractivity contribution in [3.63, 3.8) is 0 Å². The maximum Gasteiger partial charge on any atom is 0.306 e. The van der Waals surface area contributed by atoms with Gasteiger partial charge in [-0.15, -0.1) is 0 Å². The molecule has 0 radical (unpaired) electrons. The van der Waals surface area contributed by atoms with Crippen LogP contribution in [0.3, 0.4) is 0 Å². The fraction of sp³-hybridized carbons (Fsp3) is 0.750. The van der Waals surface area contributed by atoms with Gasteiger partial charge in [0.2, 0.25) is 0 Å². The molecule has 0 spiro atoms. The highest BCUT2D eigenvalue weighted by Gasteiger charge is 2.48. The molecule has 0 aromatic rings. The van der Waals surface area contributed by atoms with Crippen LogP contribution in [-0.2, 0) is 9.53 Å². The van der Waals surface area contributed by atoms with Crippen LogP contribution in [0.4, 0.5) is 0 Å². The summed E-state index contributed by atoms with van der Waals surface area (Å²) >= 11 is 0. The number of cyclic esters (lactones) is 1. The van der Waals surface area contributed by atoms with Gasteiger partial charge >= 0.3 is 5.97 Å². The first-order valence-corrected chi connectivity index (χ1v) is 9.50. The molecule has 1 aliphatic heterocycles. The first-order chi connectivity index (χ1) is 11.6. The number of carbonyl (C=O) groups excluding carboxylic acids is 1. The lowest BCUT2D eigenvalue weighted by Gasteiger charge is -2.22. The summed E-state index contributed by atoms with van der Waals surface area (Å²) in [5, 5.41) is 20.2. The molecule has 1 aliphatic carbocycles. The molecule has 0 bridgehead atoms. The van der Waals surface area contributed by atoms with E-state index in [1.807, 2.05) is 6.08 Å².